The zero-order valence-electron chi connectivity index (χ0n) is 14.3. The number of hydrogen-bond acceptors (Lipinski definition) is 3. The average Bonchev–Trinajstić information content (AvgIpc) is 3.41. The number of halogens is 1. The quantitative estimate of drug-likeness (QED) is 0.869. The lowest BCUT2D eigenvalue weighted by Gasteiger charge is -2.43. The van der Waals surface area contributed by atoms with Gasteiger partial charge in [-0.1, -0.05) is 18.2 Å². The zero-order valence-corrected chi connectivity index (χ0v) is 14.3. The number of rotatable bonds is 6. The van der Waals surface area contributed by atoms with Crippen molar-refractivity contribution in [3.8, 4) is 0 Å². The van der Waals surface area contributed by atoms with E-state index in [0.717, 1.165) is 19.3 Å². The van der Waals surface area contributed by atoms with E-state index >= 15 is 0 Å². The van der Waals surface area contributed by atoms with Crippen LogP contribution in [0.25, 0.3) is 0 Å². The minimum Gasteiger partial charge on any atom is -0.396 e. The fraction of sp³-hybridized carbons (Fsp3) is 0.632. The van der Waals surface area contributed by atoms with Gasteiger partial charge in [0.05, 0.1) is 12.0 Å². The Morgan fingerprint density at radius 2 is 2.08 bits per heavy atom. The second-order valence-corrected chi connectivity index (χ2v) is 7.29. The summed E-state index contributed by atoms with van der Waals surface area (Å²) in [7, 11) is 1.65. The number of ether oxygens (including phenoxy) is 1. The Hall–Kier alpha value is -1.46. The van der Waals surface area contributed by atoms with Crippen LogP contribution in [0.5, 0.6) is 0 Å². The number of piperidine rings is 1. The van der Waals surface area contributed by atoms with Crippen LogP contribution in [0.1, 0.15) is 37.7 Å². The summed E-state index contributed by atoms with van der Waals surface area (Å²) in [5.74, 6) is -0.282. The molecule has 1 amide bonds. The molecule has 0 aromatic heterocycles. The third kappa shape index (κ3) is 3.07. The number of amides is 1. The highest BCUT2D eigenvalue weighted by atomic mass is 19.1. The SMILES string of the molecule is COCC[C@]1(CO)CCCN(C(=O)C2(c3ccccc3F)CC2)C1. The largest absolute Gasteiger partial charge is 0.396 e. The Morgan fingerprint density at radius 3 is 2.71 bits per heavy atom. The molecule has 3 rings (SSSR count). The molecule has 1 aromatic carbocycles. The Morgan fingerprint density at radius 1 is 1.33 bits per heavy atom. The summed E-state index contributed by atoms with van der Waals surface area (Å²) < 4.78 is 19.4. The zero-order chi connectivity index (χ0) is 17.2. The lowest BCUT2D eigenvalue weighted by molar-refractivity contribution is -0.139. The van der Waals surface area contributed by atoms with Crippen LogP contribution in [0.3, 0.4) is 0 Å². The van der Waals surface area contributed by atoms with Crippen LogP contribution in [0.2, 0.25) is 0 Å². The van der Waals surface area contributed by atoms with E-state index in [1.807, 2.05) is 4.90 Å². The molecule has 1 saturated heterocycles. The third-order valence-electron chi connectivity index (χ3n) is 5.67. The van der Waals surface area contributed by atoms with Crippen molar-refractivity contribution in [2.75, 3.05) is 33.4 Å². The van der Waals surface area contributed by atoms with Crippen LogP contribution in [0, 0.1) is 11.2 Å². The molecule has 0 unspecified atom stereocenters. The van der Waals surface area contributed by atoms with Crippen LogP contribution in [-0.2, 0) is 14.9 Å². The molecule has 1 aromatic rings. The normalized spacial score (nSPS) is 25.5. The summed E-state index contributed by atoms with van der Waals surface area (Å²) in [6.45, 7) is 1.83. The van der Waals surface area contributed by atoms with Gasteiger partial charge in [-0.25, -0.2) is 4.39 Å². The van der Waals surface area contributed by atoms with Gasteiger partial charge in [-0.15, -0.1) is 0 Å². The second kappa shape index (κ2) is 6.81. The molecular formula is C19H26FNO3. The molecule has 1 atom stereocenters. The van der Waals surface area contributed by atoms with E-state index in [4.69, 9.17) is 4.74 Å². The van der Waals surface area contributed by atoms with Crippen LogP contribution in [0.4, 0.5) is 4.39 Å². The number of likely N-dealkylation sites (tertiary alicyclic amines) is 1. The summed E-state index contributed by atoms with van der Waals surface area (Å²) in [4.78, 5) is 15.0. The van der Waals surface area contributed by atoms with E-state index < -0.39 is 5.41 Å². The van der Waals surface area contributed by atoms with Crippen molar-refractivity contribution in [3.63, 3.8) is 0 Å². The molecule has 4 nitrogen and oxygen atoms in total. The van der Waals surface area contributed by atoms with E-state index in [2.05, 4.69) is 0 Å². The van der Waals surface area contributed by atoms with Gasteiger partial charge in [0.2, 0.25) is 5.91 Å². The Kier molecular flexibility index (Phi) is 4.92. The summed E-state index contributed by atoms with van der Waals surface area (Å²) in [5.41, 5.74) is -0.465. The first-order chi connectivity index (χ1) is 11.6. The molecule has 1 saturated carbocycles. The van der Waals surface area contributed by atoms with E-state index in [-0.39, 0.29) is 23.7 Å². The molecule has 0 spiro atoms. The van der Waals surface area contributed by atoms with E-state index in [1.54, 1.807) is 25.3 Å². The highest BCUT2D eigenvalue weighted by molar-refractivity contribution is 5.91. The summed E-state index contributed by atoms with van der Waals surface area (Å²) >= 11 is 0. The number of hydrogen-bond donors (Lipinski definition) is 1. The molecule has 2 aliphatic rings. The number of nitrogens with zero attached hydrogens (tertiary/aromatic N) is 1. The summed E-state index contributed by atoms with van der Waals surface area (Å²) in [5, 5.41) is 9.89. The number of aliphatic hydroxyl groups excluding tert-OH is 1. The highest BCUT2D eigenvalue weighted by Crippen LogP contribution is 2.51. The maximum absolute atomic E-state index is 14.2. The van der Waals surface area contributed by atoms with Gasteiger partial charge in [0.25, 0.3) is 0 Å². The van der Waals surface area contributed by atoms with Crippen molar-refractivity contribution >= 4 is 5.91 Å². The predicted octanol–water partition coefficient (Wildman–Crippen LogP) is 2.49. The van der Waals surface area contributed by atoms with Crippen LogP contribution >= 0.6 is 0 Å². The minimum atomic E-state index is -0.689. The van der Waals surface area contributed by atoms with Crippen molar-refractivity contribution < 1.29 is 19.0 Å². The van der Waals surface area contributed by atoms with Gasteiger partial charge in [-0.2, -0.15) is 0 Å². The lowest BCUT2D eigenvalue weighted by Crippen LogP contribution is -2.51. The molecule has 0 radical (unpaired) electrons. The fourth-order valence-electron chi connectivity index (χ4n) is 3.99. The molecule has 0 bridgehead atoms. The molecule has 132 valence electrons. The number of aliphatic hydroxyl groups is 1. The van der Waals surface area contributed by atoms with Crippen LogP contribution in [0.15, 0.2) is 24.3 Å². The lowest BCUT2D eigenvalue weighted by atomic mass is 9.77. The Labute approximate surface area is 142 Å². The monoisotopic (exact) mass is 335 g/mol. The number of benzene rings is 1. The molecule has 1 N–H and O–H groups in total. The Bertz CT molecular complexity index is 602. The maximum atomic E-state index is 14.2. The fourth-order valence-corrected chi connectivity index (χ4v) is 3.99. The molecule has 5 heteroatoms. The first kappa shape index (κ1) is 17.4. The molecule has 1 aliphatic heterocycles. The van der Waals surface area contributed by atoms with Crippen molar-refractivity contribution in [2.24, 2.45) is 5.41 Å². The summed E-state index contributed by atoms with van der Waals surface area (Å²) in [6.07, 6.45) is 3.89. The maximum Gasteiger partial charge on any atom is 0.233 e. The van der Waals surface area contributed by atoms with Gasteiger partial charge < -0.3 is 14.7 Å². The van der Waals surface area contributed by atoms with E-state index in [0.29, 0.717) is 38.1 Å². The molecule has 1 aliphatic carbocycles. The van der Waals surface area contributed by atoms with Gasteiger partial charge in [0.15, 0.2) is 0 Å². The second-order valence-electron chi connectivity index (χ2n) is 7.29. The number of carbonyl (C=O) groups is 1. The highest BCUT2D eigenvalue weighted by Gasteiger charge is 2.55. The van der Waals surface area contributed by atoms with Gasteiger partial charge in [-0.3, -0.25) is 4.79 Å². The van der Waals surface area contributed by atoms with Crippen molar-refractivity contribution in [2.45, 2.75) is 37.5 Å². The van der Waals surface area contributed by atoms with Crippen molar-refractivity contribution in [1.29, 1.82) is 0 Å². The molecule has 24 heavy (non-hydrogen) atoms. The molecular weight excluding hydrogens is 309 g/mol. The Balaban J connectivity index is 1.79. The first-order valence-corrected chi connectivity index (χ1v) is 8.71. The average molecular weight is 335 g/mol. The van der Waals surface area contributed by atoms with E-state index in [9.17, 15) is 14.3 Å². The predicted molar refractivity (Wildman–Crippen MR) is 89.1 cm³/mol. The van der Waals surface area contributed by atoms with Gasteiger partial charge in [-0.05, 0) is 38.2 Å². The van der Waals surface area contributed by atoms with Crippen LogP contribution < -0.4 is 0 Å². The van der Waals surface area contributed by atoms with Gasteiger partial charge in [0.1, 0.15) is 5.82 Å². The van der Waals surface area contributed by atoms with Gasteiger partial charge in [0, 0.05) is 37.8 Å². The number of methoxy groups -OCH3 is 1. The molecule has 1 heterocycles. The van der Waals surface area contributed by atoms with Crippen molar-refractivity contribution in [3.05, 3.63) is 35.6 Å². The smallest absolute Gasteiger partial charge is 0.233 e. The first-order valence-electron chi connectivity index (χ1n) is 8.71. The topological polar surface area (TPSA) is 49.8 Å². The minimum absolute atomic E-state index is 0.0162. The number of carbonyl (C=O) groups excluding carboxylic acids is 1. The van der Waals surface area contributed by atoms with Crippen LogP contribution in [-0.4, -0.2) is 49.3 Å². The van der Waals surface area contributed by atoms with Crippen molar-refractivity contribution in [1.82, 2.24) is 4.90 Å². The third-order valence-corrected chi connectivity index (χ3v) is 5.67. The standard InChI is InChI=1S/C19H26FNO3/c1-24-12-10-18(14-22)7-4-11-21(13-18)17(23)19(8-9-19)15-5-2-3-6-16(15)20/h2-3,5-6,22H,4,7-14H2,1H3/t18-/m1/s1. The molecule has 2 fully saturated rings. The van der Waals surface area contributed by atoms with Gasteiger partial charge >= 0.3 is 0 Å². The van der Waals surface area contributed by atoms with E-state index in [1.165, 1.54) is 6.07 Å². The summed E-state index contributed by atoms with van der Waals surface area (Å²) in [6, 6.07) is 6.60.